The number of rotatable bonds is 5. The topological polar surface area (TPSA) is 82.8 Å². The van der Waals surface area contributed by atoms with E-state index in [2.05, 4.69) is 5.32 Å². The van der Waals surface area contributed by atoms with E-state index in [9.17, 15) is 27.9 Å². The number of halogens is 3. The molecule has 1 aromatic heterocycles. The number of carbonyl (C=O) groups is 1. The number of nitrogens with zero attached hydrogens (tertiary/aromatic N) is 1. The van der Waals surface area contributed by atoms with Gasteiger partial charge in [-0.15, -0.1) is 0 Å². The molecule has 2 heterocycles. The van der Waals surface area contributed by atoms with Crippen LogP contribution in [-0.2, 0) is 19.3 Å². The molecule has 9 heteroatoms. The SMILES string of the molecule is Cc1cc([C@@H](C)Nc2ccccc2C(=O)O)c2oc(N3Cc4cccc(C(F)(F)F)c4C3)cc(=O)c2c1. The van der Waals surface area contributed by atoms with Gasteiger partial charge in [0.15, 0.2) is 5.43 Å². The van der Waals surface area contributed by atoms with Crippen molar-refractivity contribution >= 4 is 28.5 Å². The van der Waals surface area contributed by atoms with E-state index in [0.717, 1.165) is 11.6 Å². The van der Waals surface area contributed by atoms with E-state index in [1.807, 2.05) is 19.9 Å². The van der Waals surface area contributed by atoms with Crippen LogP contribution in [0.5, 0.6) is 0 Å². The molecule has 0 saturated heterocycles. The van der Waals surface area contributed by atoms with E-state index in [4.69, 9.17) is 4.42 Å². The van der Waals surface area contributed by atoms with Crippen molar-refractivity contribution in [1.82, 2.24) is 0 Å². The molecule has 0 amide bonds. The minimum absolute atomic E-state index is 0.0412. The average molecular weight is 508 g/mol. The largest absolute Gasteiger partial charge is 0.478 e. The maximum Gasteiger partial charge on any atom is 0.416 e. The highest BCUT2D eigenvalue weighted by Crippen LogP contribution is 2.39. The molecule has 1 aliphatic rings. The first kappa shape index (κ1) is 24.4. The molecule has 2 N–H and O–H groups in total. The number of aromatic carboxylic acids is 1. The fourth-order valence-electron chi connectivity index (χ4n) is 4.85. The maximum atomic E-state index is 13.5. The van der Waals surface area contributed by atoms with Crippen LogP contribution in [0.1, 0.15) is 51.1 Å². The van der Waals surface area contributed by atoms with Crippen molar-refractivity contribution in [2.24, 2.45) is 0 Å². The molecule has 1 atom stereocenters. The van der Waals surface area contributed by atoms with E-state index in [0.29, 0.717) is 27.8 Å². The van der Waals surface area contributed by atoms with Gasteiger partial charge in [0.2, 0.25) is 5.88 Å². The van der Waals surface area contributed by atoms with Crippen LogP contribution in [0, 0.1) is 6.92 Å². The third-order valence-corrected chi connectivity index (χ3v) is 6.58. The van der Waals surface area contributed by atoms with E-state index < -0.39 is 23.8 Å². The number of para-hydroxylation sites is 1. The molecule has 37 heavy (non-hydrogen) atoms. The summed E-state index contributed by atoms with van der Waals surface area (Å²) in [5.41, 5.74) is 1.94. The standard InChI is InChI=1S/C28H23F3N2O4/c1-15-10-19(16(2)32-23-9-4-3-7-18(23)27(35)36)26-20(11-15)24(34)12-25(37-26)33-13-17-6-5-8-22(21(17)14-33)28(29,30)31/h3-12,16,32H,13-14H2,1-2H3,(H,35,36)/t16-/m1/s1. The number of alkyl halides is 3. The Morgan fingerprint density at radius 2 is 1.84 bits per heavy atom. The lowest BCUT2D eigenvalue weighted by atomic mass is 10.0. The van der Waals surface area contributed by atoms with Gasteiger partial charge in [-0.05, 0) is 54.8 Å². The molecular weight excluding hydrogens is 485 g/mol. The molecular formula is C28H23F3N2O4. The second-order valence-electron chi connectivity index (χ2n) is 9.19. The number of benzene rings is 3. The second-order valence-corrected chi connectivity index (χ2v) is 9.19. The van der Waals surface area contributed by atoms with Crippen molar-refractivity contribution in [2.75, 3.05) is 10.2 Å². The lowest BCUT2D eigenvalue weighted by molar-refractivity contribution is -0.138. The number of aryl methyl sites for hydroxylation is 1. The van der Waals surface area contributed by atoms with Gasteiger partial charge in [-0.1, -0.05) is 30.3 Å². The highest BCUT2D eigenvalue weighted by Gasteiger charge is 2.37. The molecule has 0 unspecified atom stereocenters. The number of hydrogen-bond acceptors (Lipinski definition) is 5. The highest BCUT2D eigenvalue weighted by molar-refractivity contribution is 5.94. The van der Waals surface area contributed by atoms with Crippen molar-refractivity contribution in [2.45, 2.75) is 39.2 Å². The lowest BCUT2D eigenvalue weighted by Crippen LogP contribution is -2.18. The van der Waals surface area contributed by atoms with Crippen LogP contribution >= 0.6 is 0 Å². The minimum atomic E-state index is -4.48. The molecule has 1 aliphatic heterocycles. The molecule has 4 aromatic rings. The zero-order valence-electron chi connectivity index (χ0n) is 20.0. The highest BCUT2D eigenvalue weighted by atomic mass is 19.4. The van der Waals surface area contributed by atoms with E-state index >= 15 is 0 Å². The van der Waals surface area contributed by atoms with Crippen LogP contribution in [0.4, 0.5) is 24.7 Å². The fraction of sp³-hybridized carbons (Fsp3) is 0.214. The first-order chi connectivity index (χ1) is 17.5. The van der Waals surface area contributed by atoms with Crippen molar-refractivity contribution in [3.8, 4) is 0 Å². The Hall–Kier alpha value is -4.27. The van der Waals surface area contributed by atoms with Crippen molar-refractivity contribution in [3.63, 3.8) is 0 Å². The predicted octanol–water partition coefficient (Wildman–Crippen LogP) is 6.51. The van der Waals surface area contributed by atoms with Gasteiger partial charge in [0.25, 0.3) is 0 Å². The average Bonchev–Trinajstić information content (AvgIpc) is 3.28. The summed E-state index contributed by atoms with van der Waals surface area (Å²) in [5.74, 6) is -0.907. The molecule has 0 spiro atoms. The van der Waals surface area contributed by atoms with Crippen LogP contribution < -0.4 is 15.6 Å². The first-order valence-corrected chi connectivity index (χ1v) is 11.6. The Morgan fingerprint density at radius 3 is 2.57 bits per heavy atom. The number of anilines is 2. The summed E-state index contributed by atoms with van der Waals surface area (Å²) in [5, 5.41) is 13.1. The molecule has 0 radical (unpaired) electrons. The van der Waals surface area contributed by atoms with Crippen molar-refractivity contribution in [1.29, 1.82) is 0 Å². The molecule has 190 valence electrons. The van der Waals surface area contributed by atoms with Crippen LogP contribution in [0.2, 0.25) is 0 Å². The van der Waals surface area contributed by atoms with Gasteiger partial charge in [-0.25, -0.2) is 4.79 Å². The lowest BCUT2D eigenvalue weighted by Gasteiger charge is -2.21. The van der Waals surface area contributed by atoms with Crippen LogP contribution in [0.25, 0.3) is 11.0 Å². The van der Waals surface area contributed by atoms with Crippen molar-refractivity contribution in [3.05, 3.63) is 104 Å². The molecule has 3 aromatic carbocycles. The van der Waals surface area contributed by atoms with Gasteiger partial charge in [-0.3, -0.25) is 4.79 Å². The summed E-state index contributed by atoms with van der Waals surface area (Å²) in [4.78, 5) is 26.4. The molecule has 5 rings (SSSR count). The summed E-state index contributed by atoms with van der Waals surface area (Å²) in [6.07, 6.45) is -4.48. The Bertz CT molecular complexity index is 1590. The van der Waals surface area contributed by atoms with Gasteiger partial charge >= 0.3 is 12.1 Å². The molecule has 0 aliphatic carbocycles. The minimum Gasteiger partial charge on any atom is -0.478 e. The summed E-state index contributed by atoms with van der Waals surface area (Å²) in [6.45, 7) is 3.79. The first-order valence-electron chi connectivity index (χ1n) is 11.6. The Morgan fingerprint density at radius 1 is 1.08 bits per heavy atom. The number of carboxylic acids is 1. The van der Waals surface area contributed by atoms with Crippen LogP contribution in [0.15, 0.2) is 69.9 Å². The number of hydrogen-bond donors (Lipinski definition) is 2. The monoisotopic (exact) mass is 508 g/mol. The van der Waals surface area contributed by atoms with Crippen molar-refractivity contribution < 1.29 is 27.5 Å². The number of fused-ring (bicyclic) bond motifs is 2. The molecule has 0 fully saturated rings. The second kappa shape index (κ2) is 8.99. The van der Waals surface area contributed by atoms with E-state index in [1.54, 1.807) is 35.2 Å². The number of carboxylic acid groups (broad SMARTS) is 1. The smallest absolute Gasteiger partial charge is 0.416 e. The third kappa shape index (κ3) is 4.52. The zero-order chi connectivity index (χ0) is 26.5. The summed E-state index contributed by atoms with van der Waals surface area (Å²) in [7, 11) is 0. The van der Waals surface area contributed by atoms with Crippen LogP contribution in [-0.4, -0.2) is 11.1 Å². The number of nitrogens with one attached hydrogen (secondary N) is 1. The van der Waals surface area contributed by atoms with Gasteiger partial charge in [0.05, 0.1) is 22.6 Å². The summed E-state index contributed by atoms with van der Waals surface area (Å²) >= 11 is 0. The molecule has 6 nitrogen and oxygen atoms in total. The summed E-state index contributed by atoms with van der Waals surface area (Å²) in [6, 6.07) is 15.0. The quantitative estimate of drug-likeness (QED) is 0.320. The van der Waals surface area contributed by atoms with Gasteiger partial charge < -0.3 is 19.7 Å². The Balaban J connectivity index is 1.56. The van der Waals surface area contributed by atoms with E-state index in [-0.39, 0.29) is 35.5 Å². The van der Waals surface area contributed by atoms with Gasteiger partial charge in [0, 0.05) is 30.4 Å². The molecule has 0 bridgehead atoms. The van der Waals surface area contributed by atoms with E-state index in [1.165, 1.54) is 18.2 Å². The van der Waals surface area contributed by atoms with Gasteiger partial charge in [-0.2, -0.15) is 13.2 Å². The third-order valence-electron chi connectivity index (χ3n) is 6.58. The van der Waals surface area contributed by atoms with Gasteiger partial charge in [0.1, 0.15) is 5.58 Å². The Kier molecular flexibility index (Phi) is 5.94. The normalized spacial score (nSPS) is 14.0. The predicted molar refractivity (Wildman–Crippen MR) is 134 cm³/mol. The zero-order valence-corrected chi connectivity index (χ0v) is 20.0. The maximum absolute atomic E-state index is 13.5. The van der Waals surface area contributed by atoms with Crippen LogP contribution in [0.3, 0.4) is 0 Å². The summed E-state index contributed by atoms with van der Waals surface area (Å²) < 4.78 is 46.8. The molecule has 0 saturated carbocycles. The Labute approximate surface area is 210 Å². The fourth-order valence-corrected chi connectivity index (χ4v) is 4.85.